The van der Waals surface area contributed by atoms with Crippen molar-refractivity contribution in [2.24, 2.45) is 4.99 Å². The van der Waals surface area contributed by atoms with Gasteiger partial charge in [0.25, 0.3) is 0 Å². The largest absolute Gasteiger partial charge is 0.457 e. The summed E-state index contributed by atoms with van der Waals surface area (Å²) in [5.74, 6) is 2.64. The summed E-state index contributed by atoms with van der Waals surface area (Å²) in [7, 11) is 2.16. The Morgan fingerprint density at radius 3 is 1.92 bits per heavy atom. The molecule has 1 aliphatic carbocycles. The number of hydrogen-bond donors (Lipinski definition) is 1. The van der Waals surface area contributed by atoms with E-state index < -0.39 is 5.41 Å². The van der Waals surface area contributed by atoms with Crippen LogP contribution < -0.4 is 10.1 Å². The van der Waals surface area contributed by atoms with Crippen LogP contribution in [0.25, 0.3) is 44.3 Å². The van der Waals surface area contributed by atoms with Crippen LogP contribution in [0.4, 0.5) is 0 Å². The standard InChI is InChI=1S/C56H40N4O/c1-60-54(39-29-27-36(28-30-39)43-22-12-16-37-19-13-33-57-52(37)43)58-53(38-14-3-2-4-15-38)59-55(60)42-18-11-17-40(34-42)41-31-32-51-49(35-41)56(48-25-9-10-26-50(48)61-51)46-23-7-5-20-44(46)45-21-6-8-24-47(45)56/h2-35,54-55H,1H3,(H,58,59). The van der Waals surface area contributed by atoms with E-state index in [0.717, 1.165) is 78.3 Å². The van der Waals surface area contributed by atoms with Crippen molar-refractivity contribution >= 4 is 16.7 Å². The third-order valence-corrected chi connectivity index (χ3v) is 12.9. The fraction of sp³-hybridized carbons (Fsp3) is 0.0714. The Hall–Kier alpha value is -7.60. The average Bonchev–Trinajstić information content (AvgIpc) is 3.62. The van der Waals surface area contributed by atoms with Crippen LogP contribution in [0, 0.1) is 0 Å². The summed E-state index contributed by atoms with van der Waals surface area (Å²) in [5, 5.41) is 4.94. The smallest absolute Gasteiger partial charge is 0.132 e. The minimum atomic E-state index is -0.526. The van der Waals surface area contributed by atoms with Crippen molar-refractivity contribution in [1.82, 2.24) is 15.2 Å². The molecule has 3 aliphatic rings. The minimum absolute atomic E-state index is 0.135. The SMILES string of the molecule is CN1C(c2cccc(-c3ccc4c(c3)C3(c5ccccc5O4)c4ccccc4-c4ccccc43)c2)N=C(c2ccccc2)NC1c1ccc(-c2cccc3cccnc23)cc1. The third kappa shape index (κ3) is 5.51. The van der Waals surface area contributed by atoms with E-state index in [4.69, 9.17) is 14.7 Å². The fourth-order valence-electron chi connectivity index (χ4n) is 10.1. The summed E-state index contributed by atoms with van der Waals surface area (Å²) in [5.41, 5.74) is 15.7. The van der Waals surface area contributed by atoms with Gasteiger partial charge >= 0.3 is 0 Å². The average molecular weight is 785 g/mol. The van der Waals surface area contributed by atoms with E-state index in [-0.39, 0.29) is 12.3 Å². The Kier molecular flexibility index (Phi) is 8.12. The molecule has 9 aromatic rings. The lowest BCUT2D eigenvalue weighted by molar-refractivity contribution is 0.152. The highest BCUT2D eigenvalue weighted by atomic mass is 16.5. The van der Waals surface area contributed by atoms with Gasteiger partial charge in [-0.05, 0) is 87.5 Å². The molecule has 0 saturated heterocycles. The van der Waals surface area contributed by atoms with Crippen molar-refractivity contribution in [3.63, 3.8) is 0 Å². The maximum absolute atomic E-state index is 6.74. The zero-order valence-electron chi connectivity index (χ0n) is 33.5. The van der Waals surface area contributed by atoms with Crippen molar-refractivity contribution in [3.05, 3.63) is 245 Å². The summed E-state index contributed by atoms with van der Waals surface area (Å²) in [6.45, 7) is 0. The van der Waals surface area contributed by atoms with Crippen molar-refractivity contribution in [1.29, 1.82) is 0 Å². The second kappa shape index (κ2) is 14.0. The molecule has 2 unspecified atom stereocenters. The number of amidine groups is 1. The molecule has 1 aromatic heterocycles. The molecule has 0 amide bonds. The van der Waals surface area contributed by atoms with Crippen molar-refractivity contribution in [2.45, 2.75) is 17.7 Å². The van der Waals surface area contributed by atoms with Gasteiger partial charge in [0.1, 0.15) is 29.7 Å². The van der Waals surface area contributed by atoms with Gasteiger partial charge < -0.3 is 10.1 Å². The zero-order valence-corrected chi connectivity index (χ0v) is 33.5. The third-order valence-electron chi connectivity index (χ3n) is 12.9. The van der Waals surface area contributed by atoms with Gasteiger partial charge in [-0.2, -0.15) is 0 Å². The van der Waals surface area contributed by atoms with E-state index >= 15 is 0 Å². The van der Waals surface area contributed by atoms with Gasteiger partial charge in [0.15, 0.2) is 0 Å². The molecule has 0 radical (unpaired) electrons. The van der Waals surface area contributed by atoms with Crippen LogP contribution in [-0.2, 0) is 5.41 Å². The Balaban J connectivity index is 0.953. The van der Waals surface area contributed by atoms with Gasteiger partial charge in [-0.3, -0.25) is 9.88 Å². The van der Waals surface area contributed by atoms with Crippen LogP contribution in [0.2, 0.25) is 0 Å². The lowest BCUT2D eigenvalue weighted by Gasteiger charge is -2.40. The van der Waals surface area contributed by atoms with E-state index in [1.165, 1.54) is 22.3 Å². The second-order valence-electron chi connectivity index (χ2n) is 16.2. The molecule has 8 aromatic carbocycles. The summed E-state index contributed by atoms with van der Waals surface area (Å²) in [6.07, 6.45) is 1.48. The number of benzene rings is 8. The number of nitrogens with one attached hydrogen (secondary N) is 1. The van der Waals surface area contributed by atoms with Gasteiger partial charge in [-0.1, -0.05) is 170 Å². The first kappa shape index (κ1) is 35.4. The van der Waals surface area contributed by atoms with Crippen molar-refractivity contribution in [2.75, 3.05) is 7.05 Å². The molecule has 5 heteroatoms. The molecule has 3 heterocycles. The number of ether oxygens (including phenoxy) is 1. The summed E-state index contributed by atoms with van der Waals surface area (Å²) >= 11 is 0. The number of pyridine rings is 1. The number of hydrogen-bond acceptors (Lipinski definition) is 5. The molecule has 12 rings (SSSR count). The van der Waals surface area contributed by atoms with Gasteiger partial charge in [0.2, 0.25) is 0 Å². The molecule has 2 aliphatic heterocycles. The molecular weight excluding hydrogens is 745 g/mol. The predicted octanol–water partition coefficient (Wildman–Crippen LogP) is 12.7. The molecule has 1 N–H and O–H groups in total. The molecule has 0 fully saturated rings. The quantitative estimate of drug-likeness (QED) is 0.189. The van der Waals surface area contributed by atoms with E-state index in [0.29, 0.717) is 0 Å². The van der Waals surface area contributed by atoms with Gasteiger partial charge in [0.05, 0.1) is 10.9 Å². The normalized spacial score (nSPS) is 17.0. The first-order valence-corrected chi connectivity index (χ1v) is 20.9. The molecule has 290 valence electrons. The maximum atomic E-state index is 6.74. The minimum Gasteiger partial charge on any atom is -0.457 e. The van der Waals surface area contributed by atoms with Crippen molar-refractivity contribution < 1.29 is 4.74 Å². The Morgan fingerprint density at radius 1 is 0.492 bits per heavy atom. The number of para-hydroxylation sites is 2. The molecule has 2 atom stereocenters. The fourth-order valence-corrected chi connectivity index (χ4v) is 10.1. The first-order valence-electron chi connectivity index (χ1n) is 20.9. The number of aliphatic imine (C=N–C) groups is 1. The molecule has 0 saturated carbocycles. The van der Waals surface area contributed by atoms with Crippen LogP contribution in [0.1, 0.15) is 51.3 Å². The van der Waals surface area contributed by atoms with Crippen LogP contribution in [-0.4, -0.2) is 22.8 Å². The lowest BCUT2D eigenvalue weighted by atomic mass is 9.66. The maximum Gasteiger partial charge on any atom is 0.132 e. The predicted molar refractivity (Wildman–Crippen MR) is 246 cm³/mol. The molecule has 0 bridgehead atoms. The number of nitrogens with zero attached hydrogens (tertiary/aromatic N) is 3. The van der Waals surface area contributed by atoms with E-state index in [2.05, 4.69) is 205 Å². The topological polar surface area (TPSA) is 49.8 Å². The summed E-state index contributed by atoms with van der Waals surface area (Å²) in [4.78, 5) is 12.5. The van der Waals surface area contributed by atoms with Crippen LogP contribution in [0.3, 0.4) is 0 Å². The highest BCUT2D eigenvalue weighted by Crippen LogP contribution is 2.62. The lowest BCUT2D eigenvalue weighted by Crippen LogP contribution is -2.45. The number of rotatable bonds is 5. The molecule has 5 nitrogen and oxygen atoms in total. The first-order chi connectivity index (χ1) is 30.1. The Labute approximate surface area is 355 Å². The monoisotopic (exact) mass is 784 g/mol. The molecular formula is C56H40N4O. The van der Waals surface area contributed by atoms with Crippen LogP contribution >= 0.6 is 0 Å². The highest BCUT2D eigenvalue weighted by molar-refractivity contribution is 5.99. The van der Waals surface area contributed by atoms with Gasteiger partial charge in [-0.15, -0.1) is 0 Å². The number of aromatic nitrogens is 1. The van der Waals surface area contributed by atoms with Gasteiger partial charge in [-0.25, -0.2) is 4.99 Å². The second-order valence-corrected chi connectivity index (χ2v) is 16.2. The van der Waals surface area contributed by atoms with E-state index in [9.17, 15) is 0 Å². The number of fused-ring (bicyclic) bond motifs is 10. The highest BCUT2D eigenvalue weighted by Gasteiger charge is 2.51. The summed E-state index contributed by atoms with van der Waals surface area (Å²) < 4.78 is 6.74. The molecule has 1 spiro atoms. The van der Waals surface area contributed by atoms with Gasteiger partial charge in [0, 0.05) is 33.8 Å². The summed E-state index contributed by atoms with van der Waals surface area (Å²) in [6, 6.07) is 71.7. The van der Waals surface area contributed by atoms with Crippen molar-refractivity contribution in [3.8, 4) is 44.9 Å². The van der Waals surface area contributed by atoms with E-state index in [1.54, 1.807) is 0 Å². The Morgan fingerprint density at radius 2 is 1.11 bits per heavy atom. The zero-order chi connectivity index (χ0) is 40.5. The molecule has 61 heavy (non-hydrogen) atoms. The van der Waals surface area contributed by atoms with Crippen LogP contribution in [0.5, 0.6) is 11.5 Å². The van der Waals surface area contributed by atoms with Crippen LogP contribution in [0.15, 0.2) is 211 Å². The Bertz CT molecular complexity index is 3140. The van der Waals surface area contributed by atoms with E-state index in [1.807, 2.05) is 18.3 Å².